The average molecular weight is 464 g/mol. The molecule has 6 rings (SSSR count). The van der Waals surface area contributed by atoms with Crippen LogP contribution in [0.2, 0.25) is 0 Å². The molecule has 2 aliphatic heterocycles. The number of carbonyl (C=O) groups excluding carboxylic acids is 1. The highest BCUT2D eigenvalue weighted by Crippen LogP contribution is 2.52. The van der Waals surface area contributed by atoms with Crippen LogP contribution in [-0.2, 0) is 10.5 Å². The number of halogens is 3. The molecule has 4 nitrogen and oxygen atoms in total. The second-order valence-corrected chi connectivity index (χ2v) is 10.2. The molecule has 1 fully saturated rings. The number of Topliss-reactive ketones (excluding diaryl/α,β-unsaturated/α-hetero) is 1. The molecule has 2 heterocycles. The molecule has 1 aliphatic carbocycles. The maximum Gasteiger partial charge on any atom is 0.426 e. The lowest BCUT2D eigenvalue weighted by atomic mass is 9.68. The Labute approximate surface area is 195 Å². The molecular formula is C27H24F3N3O. The van der Waals surface area contributed by atoms with Gasteiger partial charge in [-0.2, -0.15) is 13.2 Å². The lowest BCUT2D eigenvalue weighted by Crippen LogP contribution is -2.35. The van der Waals surface area contributed by atoms with Gasteiger partial charge in [-0.15, -0.1) is 0 Å². The molecule has 1 saturated heterocycles. The second-order valence-electron chi connectivity index (χ2n) is 10.2. The van der Waals surface area contributed by atoms with Crippen molar-refractivity contribution in [3.63, 3.8) is 0 Å². The monoisotopic (exact) mass is 463 g/mol. The minimum atomic E-state index is -4.46. The zero-order chi connectivity index (χ0) is 23.9. The molecule has 0 bridgehead atoms. The molecule has 1 atom stereocenters. The second kappa shape index (κ2) is 6.93. The Morgan fingerprint density at radius 3 is 2.29 bits per heavy atom. The van der Waals surface area contributed by atoms with Gasteiger partial charge in [0.2, 0.25) is 5.66 Å². The normalized spacial score (nSPS) is 22.7. The molecule has 3 aromatic carbocycles. The molecule has 0 spiro atoms. The van der Waals surface area contributed by atoms with Crippen LogP contribution in [-0.4, -0.2) is 12.0 Å². The fourth-order valence-corrected chi connectivity index (χ4v) is 5.53. The van der Waals surface area contributed by atoms with E-state index in [0.717, 1.165) is 45.2 Å². The lowest BCUT2D eigenvalue weighted by Gasteiger charge is -2.40. The molecule has 34 heavy (non-hydrogen) atoms. The number of hydrazine groups is 1. The van der Waals surface area contributed by atoms with E-state index in [1.807, 2.05) is 18.2 Å². The zero-order valence-electron chi connectivity index (χ0n) is 18.8. The van der Waals surface area contributed by atoms with E-state index in [0.29, 0.717) is 6.42 Å². The van der Waals surface area contributed by atoms with Crippen LogP contribution in [0.4, 0.5) is 18.9 Å². The van der Waals surface area contributed by atoms with Crippen molar-refractivity contribution < 1.29 is 18.0 Å². The molecule has 0 saturated carbocycles. The van der Waals surface area contributed by atoms with E-state index in [1.54, 1.807) is 12.1 Å². The van der Waals surface area contributed by atoms with Gasteiger partial charge in [-0.1, -0.05) is 68.4 Å². The Morgan fingerprint density at radius 2 is 1.62 bits per heavy atom. The van der Waals surface area contributed by atoms with E-state index < -0.39 is 17.9 Å². The van der Waals surface area contributed by atoms with Crippen molar-refractivity contribution in [2.24, 2.45) is 5.41 Å². The zero-order valence-corrected chi connectivity index (χ0v) is 18.8. The van der Waals surface area contributed by atoms with Crippen LogP contribution in [0.3, 0.4) is 0 Å². The van der Waals surface area contributed by atoms with Crippen LogP contribution in [0.5, 0.6) is 0 Å². The molecule has 1 unspecified atom stereocenters. The largest absolute Gasteiger partial charge is 0.426 e. The Hall–Kier alpha value is -3.16. The number of benzene rings is 3. The molecule has 0 amide bonds. The summed E-state index contributed by atoms with van der Waals surface area (Å²) in [5.41, 5.74) is 6.73. The first-order valence-corrected chi connectivity index (χ1v) is 11.4. The third-order valence-electron chi connectivity index (χ3n) is 7.22. The summed E-state index contributed by atoms with van der Waals surface area (Å²) in [5.74, 6) is 0.0868. The van der Waals surface area contributed by atoms with E-state index in [4.69, 9.17) is 0 Å². The van der Waals surface area contributed by atoms with Gasteiger partial charge in [0, 0.05) is 23.2 Å². The number of rotatable bonds is 2. The van der Waals surface area contributed by atoms with Crippen LogP contribution in [0.1, 0.15) is 49.4 Å². The number of anilines is 1. The summed E-state index contributed by atoms with van der Waals surface area (Å²) in [6, 6.07) is 18.1. The van der Waals surface area contributed by atoms with Crippen molar-refractivity contribution in [1.29, 1.82) is 0 Å². The van der Waals surface area contributed by atoms with Gasteiger partial charge < -0.3 is 5.32 Å². The van der Waals surface area contributed by atoms with Gasteiger partial charge in [-0.25, -0.2) is 10.9 Å². The summed E-state index contributed by atoms with van der Waals surface area (Å²) in [6.45, 7) is 4.22. The predicted molar refractivity (Wildman–Crippen MR) is 126 cm³/mol. The molecule has 0 radical (unpaired) electrons. The molecule has 3 aliphatic rings. The third kappa shape index (κ3) is 3.11. The Kier molecular flexibility index (Phi) is 4.36. The fraction of sp³-hybridized carbons (Fsp3) is 0.296. The summed E-state index contributed by atoms with van der Waals surface area (Å²) in [4.78, 5) is 13.5. The summed E-state index contributed by atoms with van der Waals surface area (Å²) < 4.78 is 40.5. The highest BCUT2D eigenvalue weighted by molar-refractivity contribution is 6.12. The highest BCUT2D eigenvalue weighted by Gasteiger charge is 2.65. The topological polar surface area (TPSA) is 73.0 Å². The quantitative estimate of drug-likeness (QED) is 0.409. The first-order valence-electron chi connectivity index (χ1n) is 11.4. The molecule has 3 N–H and O–H groups in total. The SMILES string of the molecule is CC1(C)CC(=O)C2=C(C1)c1c(ccc3ccccc13)NC2c1ccc(C2(C(F)(F)F)NN2)cc1. The van der Waals surface area contributed by atoms with Crippen molar-refractivity contribution in [3.8, 4) is 0 Å². The van der Waals surface area contributed by atoms with Crippen molar-refractivity contribution >= 4 is 27.8 Å². The minimum absolute atomic E-state index is 0.0868. The van der Waals surface area contributed by atoms with E-state index in [2.05, 4.69) is 48.2 Å². The smallest absolute Gasteiger partial charge is 0.373 e. The van der Waals surface area contributed by atoms with Crippen LogP contribution in [0.15, 0.2) is 66.2 Å². The van der Waals surface area contributed by atoms with Gasteiger partial charge in [0.1, 0.15) is 0 Å². The van der Waals surface area contributed by atoms with Crippen LogP contribution in [0, 0.1) is 5.41 Å². The van der Waals surface area contributed by atoms with Crippen molar-refractivity contribution in [2.75, 3.05) is 5.32 Å². The van der Waals surface area contributed by atoms with Crippen LogP contribution in [0.25, 0.3) is 16.3 Å². The molecular weight excluding hydrogens is 439 g/mol. The van der Waals surface area contributed by atoms with Gasteiger partial charge in [0.25, 0.3) is 0 Å². The van der Waals surface area contributed by atoms with Crippen LogP contribution < -0.4 is 16.2 Å². The number of alkyl halides is 3. The molecule has 7 heteroatoms. The van der Waals surface area contributed by atoms with Crippen LogP contribution >= 0.6 is 0 Å². The van der Waals surface area contributed by atoms with E-state index in [9.17, 15) is 18.0 Å². The van der Waals surface area contributed by atoms with Gasteiger partial charge in [0.05, 0.1) is 6.04 Å². The fourth-order valence-electron chi connectivity index (χ4n) is 5.53. The first-order chi connectivity index (χ1) is 16.1. The van der Waals surface area contributed by atoms with E-state index in [1.165, 1.54) is 12.1 Å². The van der Waals surface area contributed by atoms with Crippen molar-refractivity contribution in [1.82, 2.24) is 10.9 Å². The lowest BCUT2D eigenvalue weighted by molar-refractivity contribution is -0.165. The highest BCUT2D eigenvalue weighted by atomic mass is 19.4. The standard InChI is InChI=1S/C27H24F3N3O/c1-25(2)13-19-22-18-6-4-3-5-15(18)9-12-20(22)31-24(23(19)21(34)14-25)16-7-10-17(11-8-16)26(32-33-26)27(28,29)30/h3-12,24,31-33H,13-14H2,1-2H3. The maximum absolute atomic E-state index is 13.5. The van der Waals surface area contributed by atoms with Crippen molar-refractivity contribution in [3.05, 3.63) is 82.9 Å². The van der Waals surface area contributed by atoms with E-state index in [-0.39, 0.29) is 16.8 Å². The summed E-state index contributed by atoms with van der Waals surface area (Å²) >= 11 is 0. The van der Waals surface area contributed by atoms with E-state index >= 15 is 0 Å². The number of carbonyl (C=O) groups is 1. The number of allylic oxidation sites excluding steroid dienone is 1. The maximum atomic E-state index is 13.5. The molecule has 174 valence electrons. The number of nitrogens with one attached hydrogen (secondary N) is 3. The van der Waals surface area contributed by atoms with Gasteiger partial charge in [-0.3, -0.25) is 4.79 Å². The molecule has 3 aromatic rings. The molecule has 0 aromatic heterocycles. The average Bonchev–Trinajstić information content (AvgIpc) is 3.60. The summed E-state index contributed by atoms with van der Waals surface area (Å²) in [7, 11) is 0. The summed E-state index contributed by atoms with van der Waals surface area (Å²) in [5, 5.41) is 5.74. The van der Waals surface area contributed by atoms with Gasteiger partial charge in [-0.05, 0) is 45.4 Å². The van der Waals surface area contributed by atoms with Crippen molar-refractivity contribution in [2.45, 2.75) is 44.6 Å². The summed E-state index contributed by atoms with van der Waals surface area (Å²) in [6.07, 6.45) is -3.26. The number of ketones is 1. The Balaban J connectivity index is 1.49. The predicted octanol–water partition coefficient (Wildman–Crippen LogP) is 5.97. The Bertz CT molecular complexity index is 1370. The first kappa shape index (κ1) is 21.4. The number of hydrogen-bond acceptors (Lipinski definition) is 4. The van der Waals surface area contributed by atoms with Gasteiger partial charge in [0.15, 0.2) is 5.78 Å². The number of hydrogen-bond donors (Lipinski definition) is 3. The number of fused-ring (bicyclic) bond motifs is 4. The Morgan fingerprint density at radius 1 is 0.912 bits per heavy atom. The minimum Gasteiger partial charge on any atom is -0.373 e. The third-order valence-corrected chi connectivity index (χ3v) is 7.22. The van der Waals surface area contributed by atoms with Gasteiger partial charge >= 0.3 is 6.18 Å².